The molecule has 3 heterocycles. The molecule has 29 heavy (non-hydrogen) atoms. The minimum Gasteiger partial charge on any atom is -0.339 e. The van der Waals surface area contributed by atoms with Gasteiger partial charge in [0, 0.05) is 56.5 Å². The van der Waals surface area contributed by atoms with E-state index in [1.165, 1.54) is 0 Å². The van der Waals surface area contributed by atoms with Crippen LogP contribution in [0.2, 0.25) is 0 Å². The number of H-pyrrole nitrogens is 1. The topological polar surface area (TPSA) is 95.1 Å². The first-order chi connectivity index (χ1) is 14.0. The monoisotopic (exact) mass is 396 g/mol. The van der Waals surface area contributed by atoms with Crippen molar-refractivity contribution in [1.29, 1.82) is 0 Å². The summed E-state index contributed by atoms with van der Waals surface area (Å²) < 4.78 is 0. The maximum atomic E-state index is 12.6. The molecule has 2 aromatic rings. The maximum absolute atomic E-state index is 12.6. The predicted octanol–water partition coefficient (Wildman–Crippen LogP) is 1.73. The number of amides is 1. The van der Waals surface area contributed by atoms with Crippen molar-refractivity contribution in [3.8, 4) is 0 Å². The highest BCUT2D eigenvalue weighted by atomic mass is 16.2. The van der Waals surface area contributed by atoms with Gasteiger partial charge in [0.25, 0.3) is 5.56 Å². The fraction of sp³-hybridized carbons (Fsp3) is 0.571. The Morgan fingerprint density at radius 2 is 1.90 bits per heavy atom. The number of carbonyl (C=O) groups is 1. The van der Waals surface area contributed by atoms with Crippen molar-refractivity contribution in [2.24, 2.45) is 0 Å². The quantitative estimate of drug-likeness (QED) is 0.827. The molecule has 0 spiro atoms. The van der Waals surface area contributed by atoms with E-state index >= 15 is 0 Å². The highest BCUT2D eigenvalue weighted by Crippen LogP contribution is 2.35. The highest BCUT2D eigenvalue weighted by Gasteiger charge is 2.27. The molecule has 154 valence electrons. The summed E-state index contributed by atoms with van der Waals surface area (Å²) in [6.45, 7) is 6.80. The molecule has 2 aliphatic rings. The molecule has 0 bridgehead atoms. The first-order valence-electron chi connectivity index (χ1n) is 10.4. The van der Waals surface area contributed by atoms with Crippen LogP contribution in [0.4, 0.5) is 5.95 Å². The molecule has 1 aliphatic carbocycles. The Labute approximate surface area is 170 Å². The van der Waals surface area contributed by atoms with Crippen LogP contribution >= 0.6 is 0 Å². The largest absolute Gasteiger partial charge is 0.339 e. The van der Waals surface area contributed by atoms with Crippen LogP contribution in [0.3, 0.4) is 0 Å². The van der Waals surface area contributed by atoms with Crippen LogP contribution < -0.4 is 10.5 Å². The molecule has 1 saturated heterocycles. The summed E-state index contributed by atoms with van der Waals surface area (Å²) in [5.74, 6) is 1.31. The van der Waals surface area contributed by atoms with Gasteiger partial charge in [-0.15, -0.1) is 0 Å². The Kier molecular flexibility index (Phi) is 5.60. The Hall–Kier alpha value is -2.77. The fourth-order valence-corrected chi connectivity index (χ4v) is 4.34. The van der Waals surface area contributed by atoms with Gasteiger partial charge in [-0.05, 0) is 50.7 Å². The molecule has 0 unspecified atom stereocenters. The summed E-state index contributed by atoms with van der Waals surface area (Å²) in [5.41, 5.74) is 3.89. The molecular formula is C21H28N6O2. The normalized spacial score (nSPS) is 18.8. The number of carbonyl (C=O) groups excluding carboxylic acids is 1. The molecule has 8 nitrogen and oxygen atoms in total. The highest BCUT2D eigenvalue weighted by molar-refractivity contribution is 5.76. The zero-order valence-corrected chi connectivity index (χ0v) is 17.1. The number of hydrogen-bond acceptors (Lipinski definition) is 6. The van der Waals surface area contributed by atoms with Crippen molar-refractivity contribution in [3.05, 3.63) is 45.1 Å². The SMILES string of the molecule is Cc1cnc(N2CCN(C(=O)CCC[C@@H]3CCc4c3n[nH]c(=O)c4C)CC2)nc1. The van der Waals surface area contributed by atoms with Crippen molar-refractivity contribution in [2.45, 2.75) is 51.9 Å². The number of anilines is 1. The van der Waals surface area contributed by atoms with Crippen molar-refractivity contribution < 1.29 is 4.79 Å². The van der Waals surface area contributed by atoms with Crippen LogP contribution in [0.5, 0.6) is 0 Å². The third-order valence-corrected chi connectivity index (χ3v) is 6.14. The van der Waals surface area contributed by atoms with E-state index in [2.05, 4.69) is 25.1 Å². The predicted molar refractivity (Wildman–Crippen MR) is 110 cm³/mol. The maximum Gasteiger partial charge on any atom is 0.267 e. The zero-order chi connectivity index (χ0) is 20.4. The molecule has 1 N–H and O–H groups in total. The molecule has 1 aliphatic heterocycles. The summed E-state index contributed by atoms with van der Waals surface area (Å²) in [7, 11) is 0. The average molecular weight is 396 g/mol. The summed E-state index contributed by atoms with van der Waals surface area (Å²) in [6.07, 6.45) is 7.94. The van der Waals surface area contributed by atoms with E-state index in [4.69, 9.17) is 0 Å². The lowest BCUT2D eigenvalue weighted by atomic mass is 9.99. The van der Waals surface area contributed by atoms with Crippen molar-refractivity contribution >= 4 is 11.9 Å². The van der Waals surface area contributed by atoms with Gasteiger partial charge in [0.05, 0.1) is 5.69 Å². The molecule has 0 saturated carbocycles. The number of nitrogens with zero attached hydrogens (tertiary/aromatic N) is 5. The second kappa shape index (κ2) is 8.31. The number of rotatable bonds is 5. The Balaban J connectivity index is 1.24. The summed E-state index contributed by atoms with van der Waals surface area (Å²) >= 11 is 0. The molecule has 0 radical (unpaired) electrons. The van der Waals surface area contributed by atoms with Gasteiger partial charge in [-0.3, -0.25) is 9.59 Å². The molecule has 1 amide bonds. The van der Waals surface area contributed by atoms with Crippen LogP contribution in [0.25, 0.3) is 0 Å². The van der Waals surface area contributed by atoms with E-state index in [0.717, 1.165) is 67.1 Å². The van der Waals surface area contributed by atoms with Gasteiger partial charge in [-0.1, -0.05) is 0 Å². The van der Waals surface area contributed by atoms with E-state index in [-0.39, 0.29) is 11.5 Å². The smallest absolute Gasteiger partial charge is 0.267 e. The van der Waals surface area contributed by atoms with E-state index in [9.17, 15) is 9.59 Å². The standard InChI is InChI=1S/C21H28N6O2/c1-14-12-22-21(23-13-14)27-10-8-26(9-11-27)18(28)5-3-4-16-6-7-17-15(2)20(29)25-24-19(16)17/h12-13,16H,3-11H2,1-2H3,(H,25,29)/t16-/m1/s1. The Morgan fingerprint density at radius 3 is 2.62 bits per heavy atom. The summed E-state index contributed by atoms with van der Waals surface area (Å²) in [5, 5.41) is 6.89. The third kappa shape index (κ3) is 4.16. The van der Waals surface area contributed by atoms with Gasteiger partial charge in [-0.25, -0.2) is 15.1 Å². The molecular weight excluding hydrogens is 368 g/mol. The van der Waals surface area contributed by atoms with Gasteiger partial charge in [0.2, 0.25) is 11.9 Å². The first kappa shape index (κ1) is 19.5. The van der Waals surface area contributed by atoms with Crippen molar-refractivity contribution in [1.82, 2.24) is 25.1 Å². The number of aryl methyl sites for hydroxylation is 1. The van der Waals surface area contributed by atoms with Crippen LogP contribution in [-0.4, -0.2) is 57.2 Å². The summed E-state index contributed by atoms with van der Waals surface area (Å²) in [6, 6.07) is 0. The molecule has 1 atom stereocenters. The van der Waals surface area contributed by atoms with Crippen LogP contribution in [0, 0.1) is 13.8 Å². The minimum absolute atomic E-state index is 0.0882. The van der Waals surface area contributed by atoms with E-state index < -0.39 is 0 Å². The fourth-order valence-electron chi connectivity index (χ4n) is 4.34. The number of aromatic nitrogens is 4. The van der Waals surface area contributed by atoms with E-state index in [0.29, 0.717) is 25.4 Å². The minimum atomic E-state index is -0.0882. The molecule has 0 aromatic carbocycles. The van der Waals surface area contributed by atoms with Gasteiger partial charge in [0.15, 0.2) is 0 Å². The van der Waals surface area contributed by atoms with Crippen LogP contribution in [0.15, 0.2) is 17.2 Å². The van der Waals surface area contributed by atoms with Gasteiger partial charge < -0.3 is 9.80 Å². The van der Waals surface area contributed by atoms with Gasteiger partial charge in [-0.2, -0.15) is 5.10 Å². The number of nitrogens with one attached hydrogen (secondary N) is 1. The van der Waals surface area contributed by atoms with Crippen molar-refractivity contribution in [2.75, 3.05) is 31.1 Å². The lowest BCUT2D eigenvalue weighted by molar-refractivity contribution is -0.131. The second-order valence-corrected chi connectivity index (χ2v) is 8.10. The van der Waals surface area contributed by atoms with Gasteiger partial charge >= 0.3 is 0 Å². The van der Waals surface area contributed by atoms with Crippen molar-refractivity contribution in [3.63, 3.8) is 0 Å². The second-order valence-electron chi connectivity index (χ2n) is 8.10. The van der Waals surface area contributed by atoms with Crippen LogP contribution in [0.1, 0.15) is 54.0 Å². The Morgan fingerprint density at radius 1 is 1.17 bits per heavy atom. The number of fused-ring (bicyclic) bond motifs is 1. The zero-order valence-electron chi connectivity index (χ0n) is 17.1. The van der Waals surface area contributed by atoms with Crippen LogP contribution in [-0.2, 0) is 11.2 Å². The molecule has 8 heteroatoms. The molecule has 4 rings (SSSR count). The van der Waals surface area contributed by atoms with E-state index in [1.54, 1.807) is 0 Å². The van der Waals surface area contributed by atoms with E-state index in [1.807, 2.05) is 31.1 Å². The average Bonchev–Trinajstić information content (AvgIpc) is 3.15. The first-order valence-corrected chi connectivity index (χ1v) is 10.4. The lowest BCUT2D eigenvalue weighted by Crippen LogP contribution is -2.49. The molecule has 2 aromatic heterocycles. The third-order valence-electron chi connectivity index (χ3n) is 6.14. The summed E-state index contributed by atoms with van der Waals surface area (Å²) in [4.78, 5) is 37.2. The Bertz CT molecular complexity index is 931. The number of aromatic amines is 1. The number of piperazine rings is 1. The number of hydrogen-bond donors (Lipinski definition) is 1. The molecule has 1 fully saturated rings. The lowest BCUT2D eigenvalue weighted by Gasteiger charge is -2.34. The van der Waals surface area contributed by atoms with Gasteiger partial charge in [0.1, 0.15) is 0 Å².